The smallest absolute Gasteiger partial charge is 0.275 e. The lowest BCUT2D eigenvalue weighted by Gasteiger charge is -2.02. The molecule has 20 heavy (non-hydrogen) atoms. The third-order valence-electron chi connectivity index (χ3n) is 2.64. The van der Waals surface area contributed by atoms with E-state index in [4.69, 9.17) is 4.74 Å². The summed E-state index contributed by atoms with van der Waals surface area (Å²) in [5.74, 6) is 0.206. The minimum absolute atomic E-state index is 0.0790. The third kappa shape index (κ3) is 3.35. The number of rotatable bonds is 4. The zero-order valence-corrected chi connectivity index (χ0v) is 10.9. The van der Waals surface area contributed by atoms with Crippen molar-refractivity contribution in [3.8, 4) is 11.5 Å². The topological polar surface area (TPSA) is 70.9 Å². The molecular formula is C15H14N2O3. The number of benzene rings is 2. The molecule has 2 aromatic rings. The highest BCUT2D eigenvalue weighted by Gasteiger charge is 2.08. The normalized spacial score (nSPS) is 10.4. The van der Waals surface area contributed by atoms with Crippen molar-refractivity contribution in [3.63, 3.8) is 0 Å². The van der Waals surface area contributed by atoms with Gasteiger partial charge in [0.25, 0.3) is 5.91 Å². The minimum atomic E-state index is -0.465. The number of carbonyl (C=O) groups excluding carboxylic acids is 1. The highest BCUT2D eigenvalue weighted by Crippen LogP contribution is 2.15. The Hall–Kier alpha value is -2.82. The van der Waals surface area contributed by atoms with E-state index in [9.17, 15) is 9.90 Å². The lowest BCUT2D eigenvalue weighted by molar-refractivity contribution is 0.0952. The van der Waals surface area contributed by atoms with E-state index in [1.807, 2.05) is 12.1 Å². The van der Waals surface area contributed by atoms with E-state index in [2.05, 4.69) is 10.5 Å². The Morgan fingerprint density at radius 3 is 2.55 bits per heavy atom. The molecule has 0 heterocycles. The molecule has 102 valence electrons. The summed E-state index contributed by atoms with van der Waals surface area (Å²) in [7, 11) is 1.59. The lowest BCUT2D eigenvalue weighted by atomic mass is 10.2. The Balaban J connectivity index is 1.99. The molecular weight excluding hydrogens is 256 g/mol. The number of hydrogen-bond acceptors (Lipinski definition) is 4. The molecule has 0 aliphatic heterocycles. The van der Waals surface area contributed by atoms with E-state index in [1.54, 1.807) is 31.4 Å². The van der Waals surface area contributed by atoms with E-state index in [0.29, 0.717) is 0 Å². The summed E-state index contributed by atoms with van der Waals surface area (Å²) in [4.78, 5) is 11.8. The van der Waals surface area contributed by atoms with Crippen LogP contribution in [-0.4, -0.2) is 24.3 Å². The first-order chi connectivity index (χ1) is 9.70. The number of para-hydroxylation sites is 1. The van der Waals surface area contributed by atoms with Crippen molar-refractivity contribution >= 4 is 12.1 Å². The Bertz CT molecular complexity index is 621. The fraction of sp³-hybridized carbons (Fsp3) is 0.0667. The maximum absolute atomic E-state index is 11.8. The molecule has 0 unspecified atom stereocenters. The number of aromatic hydroxyl groups is 1. The van der Waals surface area contributed by atoms with E-state index in [-0.39, 0.29) is 11.3 Å². The average molecular weight is 270 g/mol. The second-order valence-corrected chi connectivity index (χ2v) is 3.99. The van der Waals surface area contributed by atoms with Crippen LogP contribution in [0.3, 0.4) is 0 Å². The predicted octanol–water partition coefficient (Wildman–Crippen LogP) is 2.16. The van der Waals surface area contributed by atoms with Crippen LogP contribution in [0.15, 0.2) is 53.6 Å². The lowest BCUT2D eigenvalue weighted by Crippen LogP contribution is -2.17. The van der Waals surface area contributed by atoms with Gasteiger partial charge in [-0.1, -0.05) is 12.1 Å². The van der Waals surface area contributed by atoms with Crippen LogP contribution >= 0.6 is 0 Å². The summed E-state index contributed by atoms with van der Waals surface area (Å²) in [5.41, 5.74) is 3.36. The molecule has 0 aromatic heterocycles. The number of methoxy groups -OCH3 is 1. The van der Waals surface area contributed by atoms with E-state index < -0.39 is 5.91 Å². The number of nitrogens with zero attached hydrogens (tertiary/aromatic N) is 1. The fourth-order valence-electron chi connectivity index (χ4n) is 1.58. The van der Waals surface area contributed by atoms with Gasteiger partial charge in [-0.3, -0.25) is 4.79 Å². The second kappa shape index (κ2) is 6.38. The van der Waals surface area contributed by atoms with Gasteiger partial charge in [-0.2, -0.15) is 5.10 Å². The molecule has 0 aliphatic rings. The van der Waals surface area contributed by atoms with Gasteiger partial charge in [0.2, 0.25) is 0 Å². The van der Waals surface area contributed by atoms with Crippen LogP contribution in [0.2, 0.25) is 0 Å². The summed E-state index contributed by atoms with van der Waals surface area (Å²) in [6, 6.07) is 13.5. The summed E-state index contributed by atoms with van der Waals surface area (Å²) in [5, 5.41) is 13.4. The van der Waals surface area contributed by atoms with Gasteiger partial charge in [-0.25, -0.2) is 5.43 Å². The highest BCUT2D eigenvalue weighted by molar-refractivity contribution is 5.97. The van der Waals surface area contributed by atoms with Crippen LogP contribution < -0.4 is 10.2 Å². The van der Waals surface area contributed by atoms with Gasteiger partial charge in [-0.15, -0.1) is 0 Å². The maximum Gasteiger partial charge on any atom is 0.275 e. The van der Waals surface area contributed by atoms with E-state index in [1.165, 1.54) is 18.3 Å². The standard InChI is InChI=1S/C15H14N2O3/c1-20-12-8-6-11(7-9-12)10-16-17-15(19)13-4-2-3-5-14(13)18/h2-10,18H,1H3,(H,17,19)/b16-10+. The molecule has 0 saturated carbocycles. The SMILES string of the molecule is COc1ccc(/C=N/NC(=O)c2ccccc2O)cc1. The first kappa shape index (κ1) is 13.6. The molecule has 0 spiro atoms. The van der Waals surface area contributed by atoms with Crippen molar-refractivity contribution in [1.82, 2.24) is 5.43 Å². The van der Waals surface area contributed by atoms with Crippen molar-refractivity contribution in [2.75, 3.05) is 7.11 Å². The summed E-state index contributed by atoms with van der Waals surface area (Å²) in [6.07, 6.45) is 1.51. The van der Waals surface area contributed by atoms with Crippen LogP contribution in [0.1, 0.15) is 15.9 Å². The number of hydrazone groups is 1. The Kier molecular flexibility index (Phi) is 4.34. The summed E-state index contributed by atoms with van der Waals surface area (Å²) in [6.45, 7) is 0. The monoisotopic (exact) mass is 270 g/mol. The number of carbonyl (C=O) groups is 1. The molecule has 1 amide bonds. The molecule has 0 aliphatic carbocycles. The van der Waals surface area contributed by atoms with Crippen molar-refractivity contribution in [2.24, 2.45) is 5.10 Å². The van der Waals surface area contributed by atoms with Crippen LogP contribution in [-0.2, 0) is 0 Å². The van der Waals surface area contributed by atoms with Crippen molar-refractivity contribution in [2.45, 2.75) is 0 Å². The molecule has 0 saturated heterocycles. The molecule has 0 bridgehead atoms. The van der Waals surface area contributed by atoms with Gasteiger partial charge in [-0.05, 0) is 42.0 Å². The first-order valence-electron chi connectivity index (χ1n) is 5.96. The van der Waals surface area contributed by atoms with Crippen LogP contribution in [0.4, 0.5) is 0 Å². The summed E-state index contributed by atoms with van der Waals surface area (Å²) < 4.78 is 5.04. The van der Waals surface area contributed by atoms with Crippen LogP contribution in [0.5, 0.6) is 11.5 Å². The highest BCUT2D eigenvalue weighted by atomic mass is 16.5. The predicted molar refractivity (Wildman–Crippen MR) is 76.2 cm³/mol. The van der Waals surface area contributed by atoms with Gasteiger partial charge >= 0.3 is 0 Å². The largest absolute Gasteiger partial charge is 0.507 e. The van der Waals surface area contributed by atoms with Gasteiger partial charge in [0.1, 0.15) is 11.5 Å². The number of phenols is 1. The molecule has 0 radical (unpaired) electrons. The fourth-order valence-corrected chi connectivity index (χ4v) is 1.58. The first-order valence-corrected chi connectivity index (χ1v) is 5.96. The van der Waals surface area contributed by atoms with E-state index >= 15 is 0 Å². The number of nitrogens with one attached hydrogen (secondary N) is 1. The second-order valence-electron chi connectivity index (χ2n) is 3.99. The molecule has 5 heteroatoms. The van der Waals surface area contributed by atoms with E-state index in [0.717, 1.165) is 11.3 Å². The molecule has 5 nitrogen and oxygen atoms in total. The van der Waals surface area contributed by atoms with Gasteiger partial charge in [0, 0.05) is 0 Å². The Morgan fingerprint density at radius 2 is 1.90 bits per heavy atom. The van der Waals surface area contributed by atoms with Crippen molar-refractivity contribution in [3.05, 3.63) is 59.7 Å². The zero-order chi connectivity index (χ0) is 14.4. The Labute approximate surface area is 116 Å². The van der Waals surface area contributed by atoms with Gasteiger partial charge < -0.3 is 9.84 Å². The third-order valence-corrected chi connectivity index (χ3v) is 2.64. The zero-order valence-electron chi connectivity index (χ0n) is 10.9. The molecule has 2 N–H and O–H groups in total. The minimum Gasteiger partial charge on any atom is -0.507 e. The Morgan fingerprint density at radius 1 is 1.20 bits per heavy atom. The van der Waals surface area contributed by atoms with Crippen LogP contribution in [0.25, 0.3) is 0 Å². The van der Waals surface area contributed by atoms with Crippen molar-refractivity contribution < 1.29 is 14.6 Å². The van der Waals surface area contributed by atoms with Crippen molar-refractivity contribution in [1.29, 1.82) is 0 Å². The molecule has 0 fully saturated rings. The molecule has 2 aromatic carbocycles. The number of amides is 1. The number of phenolic OH excluding ortho intramolecular Hbond substituents is 1. The molecule has 2 rings (SSSR count). The number of ether oxygens (including phenoxy) is 1. The van der Waals surface area contributed by atoms with Crippen LogP contribution in [0, 0.1) is 0 Å². The quantitative estimate of drug-likeness (QED) is 0.660. The maximum atomic E-state index is 11.8. The number of hydrogen-bond donors (Lipinski definition) is 2. The summed E-state index contributed by atoms with van der Waals surface area (Å²) >= 11 is 0. The van der Waals surface area contributed by atoms with Gasteiger partial charge in [0.05, 0.1) is 18.9 Å². The van der Waals surface area contributed by atoms with Gasteiger partial charge in [0.15, 0.2) is 0 Å². The molecule has 0 atom stereocenters. The average Bonchev–Trinajstić information content (AvgIpc) is 2.48.